The molecule has 0 amide bonds. The summed E-state index contributed by atoms with van der Waals surface area (Å²) in [5, 5.41) is 4.78. The second-order valence-electron chi connectivity index (χ2n) is 16.5. The largest absolute Gasteiger partial charge is 0.228 e. The average Bonchev–Trinajstić information content (AvgIpc) is 3.67. The van der Waals surface area contributed by atoms with Crippen molar-refractivity contribution in [2.24, 2.45) is 0 Å². The van der Waals surface area contributed by atoms with Crippen LogP contribution in [0.3, 0.4) is 0 Å². The molecule has 0 N–H and O–H groups in total. The molecule has 0 radical (unpaired) electrons. The van der Waals surface area contributed by atoms with Crippen LogP contribution in [-0.4, -0.2) is 9.97 Å². The zero-order valence-electron chi connectivity index (χ0n) is 34.5. The molecule has 0 saturated heterocycles. The van der Waals surface area contributed by atoms with E-state index in [1.165, 1.54) is 66.2 Å². The highest BCUT2D eigenvalue weighted by Gasteiger charge is 2.46. The van der Waals surface area contributed by atoms with Crippen LogP contribution in [-0.2, 0) is 5.41 Å². The number of rotatable bonds is 7. The van der Waals surface area contributed by atoms with Crippen molar-refractivity contribution in [3.63, 3.8) is 0 Å². The minimum absolute atomic E-state index is 0.475. The van der Waals surface area contributed by atoms with E-state index in [1.54, 1.807) is 0 Å². The Bertz CT molecular complexity index is 3460. The van der Waals surface area contributed by atoms with Gasteiger partial charge in [0.25, 0.3) is 0 Å². The Labute approximate surface area is 367 Å². The van der Waals surface area contributed by atoms with Crippen LogP contribution >= 0.6 is 0 Å². The van der Waals surface area contributed by atoms with Gasteiger partial charge in [-0.3, -0.25) is 0 Å². The van der Waals surface area contributed by atoms with Gasteiger partial charge in [-0.2, -0.15) is 0 Å². The maximum Gasteiger partial charge on any atom is 0.160 e. The molecular weight excluding hydrogens is 761 g/mol. The Morgan fingerprint density at radius 3 is 1.59 bits per heavy atom. The Hall–Kier alpha value is -8.20. The Morgan fingerprint density at radius 2 is 0.810 bits per heavy atom. The average molecular weight is 801 g/mol. The molecule has 1 aliphatic rings. The van der Waals surface area contributed by atoms with Gasteiger partial charge in [-0.25, -0.2) is 9.97 Å². The van der Waals surface area contributed by atoms with Crippen molar-refractivity contribution in [3.05, 3.63) is 265 Å². The number of hydrogen-bond donors (Lipinski definition) is 0. The van der Waals surface area contributed by atoms with E-state index >= 15 is 0 Å². The Morgan fingerprint density at radius 1 is 0.270 bits per heavy atom. The fraction of sp³-hybridized carbons (Fsp3) is 0.0164. The van der Waals surface area contributed by atoms with Crippen LogP contribution < -0.4 is 0 Å². The van der Waals surface area contributed by atoms with Gasteiger partial charge in [0.05, 0.1) is 16.8 Å². The predicted octanol–water partition coefficient (Wildman–Crippen LogP) is 15.5. The highest BCUT2D eigenvalue weighted by Crippen LogP contribution is 2.57. The number of hydrogen-bond acceptors (Lipinski definition) is 2. The lowest BCUT2D eigenvalue weighted by molar-refractivity contribution is 0.769. The van der Waals surface area contributed by atoms with Gasteiger partial charge in [0.15, 0.2) is 5.82 Å². The molecular formula is C61H40N2. The van der Waals surface area contributed by atoms with E-state index in [2.05, 4.69) is 237 Å². The molecule has 1 aliphatic carbocycles. The molecule has 12 rings (SSSR count). The molecule has 0 bridgehead atoms. The van der Waals surface area contributed by atoms with Gasteiger partial charge in [-0.15, -0.1) is 0 Å². The van der Waals surface area contributed by atoms with Gasteiger partial charge in [0, 0.05) is 16.7 Å². The van der Waals surface area contributed by atoms with Crippen molar-refractivity contribution in [2.75, 3.05) is 0 Å². The second kappa shape index (κ2) is 15.1. The van der Waals surface area contributed by atoms with Crippen molar-refractivity contribution < 1.29 is 0 Å². The third-order valence-electron chi connectivity index (χ3n) is 13.0. The van der Waals surface area contributed by atoms with Gasteiger partial charge in [-0.1, -0.05) is 218 Å². The lowest BCUT2D eigenvalue weighted by Gasteiger charge is -2.34. The number of aromatic nitrogens is 2. The third-order valence-corrected chi connectivity index (χ3v) is 13.0. The SMILES string of the molecule is c1ccc(-c2nc(-c3cccc(-c4ccc5ccccc5c4)c3)cc(-c3ccc(-c4ccc5c(c4)C(c4ccccc4)(c4ccccc4)c4ccccc4-5)c4ccccc34)n2)cc1. The van der Waals surface area contributed by atoms with E-state index in [0.29, 0.717) is 5.82 Å². The summed E-state index contributed by atoms with van der Waals surface area (Å²) in [5.41, 5.74) is 16.7. The zero-order valence-corrected chi connectivity index (χ0v) is 34.5. The van der Waals surface area contributed by atoms with E-state index in [9.17, 15) is 0 Å². The second-order valence-corrected chi connectivity index (χ2v) is 16.5. The van der Waals surface area contributed by atoms with Gasteiger partial charge >= 0.3 is 0 Å². The fourth-order valence-corrected chi connectivity index (χ4v) is 10.1. The number of benzene rings is 10. The molecule has 1 aromatic heterocycles. The van der Waals surface area contributed by atoms with Crippen molar-refractivity contribution in [2.45, 2.75) is 5.41 Å². The molecule has 2 heteroatoms. The fourth-order valence-electron chi connectivity index (χ4n) is 10.1. The van der Waals surface area contributed by atoms with Crippen LogP contribution in [0.1, 0.15) is 22.3 Å². The number of nitrogens with zero attached hydrogens (tertiary/aromatic N) is 2. The maximum absolute atomic E-state index is 5.31. The minimum atomic E-state index is -0.475. The van der Waals surface area contributed by atoms with Crippen molar-refractivity contribution in [1.82, 2.24) is 9.97 Å². The zero-order chi connectivity index (χ0) is 41.7. The summed E-state index contributed by atoms with van der Waals surface area (Å²) >= 11 is 0. The highest BCUT2D eigenvalue weighted by molar-refractivity contribution is 6.05. The van der Waals surface area contributed by atoms with Crippen LogP contribution in [0.4, 0.5) is 0 Å². The molecule has 0 aliphatic heterocycles. The van der Waals surface area contributed by atoms with Crippen LogP contribution in [0.2, 0.25) is 0 Å². The molecule has 10 aromatic carbocycles. The van der Waals surface area contributed by atoms with Gasteiger partial charge in [0.1, 0.15) is 0 Å². The standard InChI is InChI=1S/C61H40N2/c1-4-18-42(19-5-1)60-62-58(47-22-16-21-44(38-47)45-32-31-41-17-10-11-20-43(41)37-45)40-59(63-60)55-36-35-50(51-27-12-13-28-52(51)55)46-33-34-54-53-29-14-15-30-56(53)61(57(54)39-46,48-23-6-2-7-24-48)49-25-8-3-9-26-49/h1-40H. The molecule has 0 unspecified atom stereocenters. The van der Waals surface area contributed by atoms with E-state index < -0.39 is 5.41 Å². The van der Waals surface area contributed by atoms with Crippen molar-refractivity contribution in [1.29, 1.82) is 0 Å². The van der Waals surface area contributed by atoms with Crippen LogP contribution in [0.15, 0.2) is 243 Å². The summed E-state index contributed by atoms with van der Waals surface area (Å²) in [5.74, 6) is 0.698. The monoisotopic (exact) mass is 800 g/mol. The molecule has 2 nitrogen and oxygen atoms in total. The minimum Gasteiger partial charge on any atom is -0.228 e. The molecule has 0 atom stereocenters. The lowest BCUT2D eigenvalue weighted by Crippen LogP contribution is -2.28. The van der Waals surface area contributed by atoms with Gasteiger partial charge < -0.3 is 0 Å². The molecule has 63 heavy (non-hydrogen) atoms. The first-order valence-electron chi connectivity index (χ1n) is 21.6. The number of fused-ring (bicyclic) bond motifs is 5. The Kier molecular flexibility index (Phi) is 8.76. The summed E-state index contributed by atoms with van der Waals surface area (Å²) < 4.78 is 0. The van der Waals surface area contributed by atoms with Crippen LogP contribution in [0.25, 0.3) is 88.8 Å². The first kappa shape index (κ1) is 36.6. The van der Waals surface area contributed by atoms with E-state index in [4.69, 9.17) is 9.97 Å². The molecule has 0 fully saturated rings. The normalized spacial score (nSPS) is 12.6. The van der Waals surface area contributed by atoms with Gasteiger partial charge in [-0.05, 0) is 101 Å². The topological polar surface area (TPSA) is 25.8 Å². The highest BCUT2D eigenvalue weighted by atomic mass is 14.9. The first-order valence-corrected chi connectivity index (χ1v) is 21.6. The van der Waals surface area contributed by atoms with Crippen molar-refractivity contribution >= 4 is 21.5 Å². The quantitative estimate of drug-likeness (QED) is 0.160. The molecule has 294 valence electrons. The van der Waals surface area contributed by atoms with Crippen LogP contribution in [0.5, 0.6) is 0 Å². The van der Waals surface area contributed by atoms with Crippen molar-refractivity contribution in [3.8, 4) is 67.3 Å². The first-order chi connectivity index (χ1) is 31.2. The van der Waals surface area contributed by atoms with Gasteiger partial charge in [0.2, 0.25) is 0 Å². The smallest absolute Gasteiger partial charge is 0.160 e. The van der Waals surface area contributed by atoms with E-state index in [0.717, 1.165) is 39.0 Å². The summed E-state index contributed by atoms with van der Waals surface area (Å²) in [6.45, 7) is 0. The molecule has 11 aromatic rings. The molecule has 0 saturated carbocycles. The summed E-state index contributed by atoms with van der Waals surface area (Å²) in [4.78, 5) is 10.5. The molecule has 1 heterocycles. The summed E-state index contributed by atoms with van der Waals surface area (Å²) in [6, 6.07) is 87.8. The summed E-state index contributed by atoms with van der Waals surface area (Å²) in [7, 11) is 0. The summed E-state index contributed by atoms with van der Waals surface area (Å²) in [6.07, 6.45) is 0. The van der Waals surface area contributed by atoms with E-state index in [-0.39, 0.29) is 0 Å². The Balaban J connectivity index is 1.02. The lowest BCUT2D eigenvalue weighted by atomic mass is 9.67. The molecule has 0 spiro atoms. The van der Waals surface area contributed by atoms with Crippen LogP contribution in [0, 0.1) is 0 Å². The predicted molar refractivity (Wildman–Crippen MR) is 262 cm³/mol. The van der Waals surface area contributed by atoms with E-state index in [1.807, 2.05) is 6.07 Å². The third kappa shape index (κ3) is 6.10. The maximum atomic E-state index is 5.31.